The van der Waals surface area contributed by atoms with Crippen molar-refractivity contribution in [3.63, 3.8) is 0 Å². The molecule has 31 heavy (non-hydrogen) atoms. The fourth-order valence-corrected chi connectivity index (χ4v) is 4.06. The molecule has 1 aliphatic heterocycles. The molecule has 0 unspecified atom stereocenters. The van der Waals surface area contributed by atoms with Crippen LogP contribution >= 0.6 is 15.9 Å². The van der Waals surface area contributed by atoms with Crippen LogP contribution in [-0.4, -0.2) is 60.6 Å². The molecule has 1 saturated heterocycles. The maximum Gasteiger partial charge on any atom is 0.273 e. The molecule has 0 saturated carbocycles. The Labute approximate surface area is 191 Å². The average Bonchev–Trinajstić information content (AvgIpc) is 3.27. The van der Waals surface area contributed by atoms with Crippen LogP contribution in [0.2, 0.25) is 0 Å². The minimum absolute atomic E-state index is 0.121. The standard InChI is InChI=1S/C24H27BrN4O2/c1-17-3-5-18(6-4-17)22(29-13-11-28(2)12-14-29)16-26-24(30)21-15-23(31-27-21)19-7-9-20(25)10-8-19/h3-10,15,22H,11-14,16H2,1-2H3,(H,26,30)/t22-/m1/s1. The first-order valence-corrected chi connectivity index (χ1v) is 11.3. The van der Waals surface area contributed by atoms with Crippen LogP contribution in [0.1, 0.15) is 27.7 Å². The number of likely N-dealkylation sites (N-methyl/N-ethyl adjacent to an activating group) is 1. The largest absolute Gasteiger partial charge is 0.355 e. The summed E-state index contributed by atoms with van der Waals surface area (Å²) in [5.74, 6) is 0.352. The van der Waals surface area contributed by atoms with Crippen molar-refractivity contribution in [1.29, 1.82) is 0 Å². The third-order valence-corrected chi connectivity index (χ3v) is 6.30. The van der Waals surface area contributed by atoms with Gasteiger partial charge in [-0.25, -0.2) is 0 Å². The van der Waals surface area contributed by atoms with Gasteiger partial charge in [0.2, 0.25) is 0 Å². The number of nitrogens with zero attached hydrogens (tertiary/aromatic N) is 3. The van der Waals surface area contributed by atoms with Crippen molar-refractivity contribution >= 4 is 21.8 Å². The molecule has 1 aliphatic rings. The van der Waals surface area contributed by atoms with Crippen molar-refractivity contribution in [1.82, 2.24) is 20.3 Å². The summed E-state index contributed by atoms with van der Waals surface area (Å²) in [4.78, 5) is 17.6. The third-order valence-electron chi connectivity index (χ3n) is 5.77. The number of amides is 1. The molecule has 0 aliphatic carbocycles. The Morgan fingerprint density at radius 1 is 1.10 bits per heavy atom. The lowest BCUT2D eigenvalue weighted by Gasteiger charge is -2.38. The van der Waals surface area contributed by atoms with E-state index in [1.807, 2.05) is 24.3 Å². The Bertz CT molecular complexity index is 1010. The quantitative estimate of drug-likeness (QED) is 0.572. The molecule has 0 radical (unpaired) electrons. The van der Waals surface area contributed by atoms with Crippen molar-refractivity contribution in [2.24, 2.45) is 0 Å². The molecule has 7 heteroatoms. The van der Waals surface area contributed by atoms with Crippen LogP contribution in [0.3, 0.4) is 0 Å². The van der Waals surface area contributed by atoms with Gasteiger partial charge in [0.15, 0.2) is 11.5 Å². The lowest BCUT2D eigenvalue weighted by atomic mass is 10.0. The number of carbonyl (C=O) groups is 1. The molecule has 1 amide bonds. The Morgan fingerprint density at radius 3 is 2.45 bits per heavy atom. The molecular formula is C24H27BrN4O2. The van der Waals surface area contributed by atoms with Crippen LogP contribution in [0.15, 0.2) is 63.6 Å². The van der Waals surface area contributed by atoms with Gasteiger partial charge in [-0.05, 0) is 31.7 Å². The topological polar surface area (TPSA) is 61.6 Å². The highest BCUT2D eigenvalue weighted by molar-refractivity contribution is 9.10. The molecule has 2 aromatic carbocycles. The van der Waals surface area contributed by atoms with Gasteiger partial charge >= 0.3 is 0 Å². The number of hydrogen-bond donors (Lipinski definition) is 1. The van der Waals surface area contributed by atoms with Crippen LogP contribution < -0.4 is 5.32 Å². The first-order valence-electron chi connectivity index (χ1n) is 10.5. The van der Waals surface area contributed by atoms with E-state index in [-0.39, 0.29) is 11.9 Å². The maximum atomic E-state index is 12.8. The monoisotopic (exact) mass is 482 g/mol. The third kappa shape index (κ3) is 5.42. The minimum atomic E-state index is -0.224. The van der Waals surface area contributed by atoms with Crippen molar-refractivity contribution < 1.29 is 9.32 Å². The van der Waals surface area contributed by atoms with Crippen LogP contribution in [-0.2, 0) is 0 Å². The van der Waals surface area contributed by atoms with Crippen LogP contribution in [0.4, 0.5) is 0 Å². The van der Waals surface area contributed by atoms with E-state index in [0.717, 1.165) is 36.2 Å². The van der Waals surface area contributed by atoms with Gasteiger partial charge in [-0.1, -0.05) is 63.0 Å². The van der Waals surface area contributed by atoms with E-state index >= 15 is 0 Å². The summed E-state index contributed by atoms with van der Waals surface area (Å²) < 4.78 is 6.39. The summed E-state index contributed by atoms with van der Waals surface area (Å²) in [6.07, 6.45) is 0. The molecule has 3 aromatic rings. The molecule has 1 aromatic heterocycles. The number of piperazine rings is 1. The SMILES string of the molecule is Cc1ccc([C@@H](CNC(=O)c2cc(-c3ccc(Br)cc3)on2)N2CCN(C)CC2)cc1. The van der Waals surface area contributed by atoms with Gasteiger partial charge in [-0.2, -0.15) is 0 Å². The van der Waals surface area contributed by atoms with Gasteiger partial charge in [0, 0.05) is 48.8 Å². The summed E-state index contributed by atoms with van der Waals surface area (Å²) in [5.41, 5.74) is 3.61. The first-order chi connectivity index (χ1) is 15.0. The summed E-state index contributed by atoms with van der Waals surface area (Å²) >= 11 is 3.42. The number of carbonyl (C=O) groups excluding carboxylic acids is 1. The van der Waals surface area contributed by atoms with Crippen molar-refractivity contribution in [3.05, 3.63) is 75.9 Å². The first kappa shape index (κ1) is 21.7. The van der Waals surface area contributed by atoms with Crippen molar-refractivity contribution in [3.8, 4) is 11.3 Å². The zero-order valence-electron chi connectivity index (χ0n) is 17.8. The zero-order chi connectivity index (χ0) is 21.8. The second-order valence-corrected chi connectivity index (χ2v) is 8.97. The molecule has 1 fully saturated rings. The van der Waals surface area contributed by atoms with Crippen molar-refractivity contribution in [2.75, 3.05) is 39.8 Å². The second-order valence-electron chi connectivity index (χ2n) is 8.06. The number of halogens is 1. The van der Waals surface area contributed by atoms with Gasteiger partial charge in [0.05, 0.1) is 6.04 Å². The van der Waals surface area contributed by atoms with Crippen LogP contribution in [0.25, 0.3) is 11.3 Å². The fraction of sp³-hybridized carbons (Fsp3) is 0.333. The summed E-state index contributed by atoms with van der Waals surface area (Å²) in [5, 5.41) is 7.05. The van der Waals surface area contributed by atoms with E-state index in [0.29, 0.717) is 18.0 Å². The second kappa shape index (κ2) is 9.77. The van der Waals surface area contributed by atoms with Gasteiger partial charge in [0.25, 0.3) is 5.91 Å². The average molecular weight is 483 g/mol. The van der Waals surface area contributed by atoms with E-state index in [1.165, 1.54) is 11.1 Å². The minimum Gasteiger partial charge on any atom is -0.355 e. The predicted molar refractivity (Wildman–Crippen MR) is 125 cm³/mol. The number of benzene rings is 2. The highest BCUT2D eigenvalue weighted by atomic mass is 79.9. The molecule has 2 heterocycles. The van der Waals surface area contributed by atoms with E-state index in [9.17, 15) is 4.79 Å². The normalized spacial score (nSPS) is 16.2. The highest BCUT2D eigenvalue weighted by Gasteiger charge is 2.25. The number of aryl methyl sites for hydroxylation is 1. The Balaban J connectivity index is 1.45. The molecule has 162 valence electrons. The van der Waals surface area contributed by atoms with E-state index in [4.69, 9.17) is 4.52 Å². The number of aromatic nitrogens is 1. The van der Waals surface area contributed by atoms with Gasteiger partial charge in [-0.15, -0.1) is 0 Å². The maximum absolute atomic E-state index is 12.8. The van der Waals surface area contributed by atoms with Gasteiger partial charge in [0.1, 0.15) is 0 Å². The summed E-state index contributed by atoms with van der Waals surface area (Å²) in [7, 11) is 2.15. The number of nitrogens with one attached hydrogen (secondary N) is 1. The van der Waals surface area contributed by atoms with Gasteiger partial charge < -0.3 is 14.7 Å². The zero-order valence-corrected chi connectivity index (χ0v) is 19.4. The van der Waals surface area contributed by atoms with Crippen LogP contribution in [0.5, 0.6) is 0 Å². The molecular weight excluding hydrogens is 456 g/mol. The molecule has 6 nitrogen and oxygen atoms in total. The molecule has 1 N–H and O–H groups in total. The Hall–Kier alpha value is -2.48. The molecule has 0 spiro atoms. The number of rotatable bonds is 6. The van der Waals surface area contributed by atoms with Crippen LogP contribution in [0, 0.1) is 6.92 Å². The highest BCUT2D eigenvalue weighted by Crippen LogP contribution is 2.24. The van der Waals surface area contributed by atoms with Gasteiger partial charge in [-0.3, -0.25) is 9.69 Å². The molecule has 4 rings (SSSR count). The number of hydrogen-bond acceptors (Lipinski definition) is 5. The lowest BCUT2D eigenvalue weighted by Crippen LogP contribution is -2.48. The van der Waals surface area contributed by atoms with Crippen molar-refractivity contribution in [2.45, 2.75) is 13.0 Å². The summed E-state index contributed by atoms with van der Waals surface area (Å²) in [6, 6.07) is 18.1. The predicted octanol–water partition coefficient (Wildman–Crippen LogP) is 4.13. The van der Waals surface area contributed by atoms with E-state index in [2.05, 4.69) is 74.4 Å². The summed E-state index contributed by atoms with van der Waals surface area (Å²) in [6.45, 7) is 6.60. The Morgan fingerprint density at radius 2 is 1.77 bits per heavy atom. The smallest absolute Gasteiger partial charge is 0.273 e. The molecule has 0 bridgehead atoms. The van der Waals surface area contributed by atoms with E-state index < -0.39 is 0 Å². The Kier molecular flexibility index (Phi) is 6.85. The molecule has 1 atom stereocenters. The van der Waals surface area contributed by atoms with E-state index in [1.54, 1.807) is 6.07 Å². The lowest BCUT2D eigenvalue weighted by molar-refractivity contribution is 0.0878. The fourth-order valence-electron chi connectivity index (χ4n) is 3.79.